The molecule has 0 aliphatic carbocycles. The van der Waals surface area contributed by atoms with Crippen LogP contribution in [0.25, 0.3) is 0 Å². The average molecular weight is 306 g/mol. The molecule has 2 aromatic rings. The van der Waals surface area contributed by atoms with Crippen molar-refractivity contribution >= 4 is 29.1 Å². The van der Waals surface area contributed by atoms with E-state index in [2.05, 4.69) is 10.3 Å². The van der Waals surface area contributed by atoms with Crippen LogP contribution in [0, 0.1) is 6.92 Å². The van der Waals surface area contributed by atoms with E-state index in [1.807, 2.05) is 0 Å². The summed E-state index contributed by atoms with van der Waals surface area (Å²) >= 11 is 5.82. The highest BCUT2D eigenvalue weighted by Crippen LogP contribution is 2.20. The summed E-state index contributed by atoms with van der Waals surface area (Å²) < 4.78 is 0. The Labute approximate surface area is 124 Å². The molecule has 2 amide bonds. The number of hydrogen-bond acceptors (Lipinski definition) is 3. The van der Waals surface area contributed by atoms with Crippen LogP contribution in [0.1, 0.15) is 26.4 Å². The molecule has 21 heavy (non-hydrogen) atoms. The van der Waals surface area contributed by atoms with E-state index in [4.69, 9.17) is 17.3 Å². The van der Waals surface area contributed by atoms with Crippen LogP contribution >= 0.6 is 11.6 Å². The number of carbonyl (C=O) groups is 2. The van der Waals surface area contributed by atoms with Crippen LogP contribution in [0.15, 0.2) is 35.3 Å². The lowest BCUT2D eigenvalue weighted by molar-refractivity contribution is 0.0996. The zero-order valence-corrected chi connectivity index (χ0v) is 11.8. The summed E-state index contributed by atoms with van der Waals surface area (Å²) in [4.78, 5) is 37.7. The normalized spacial score (nSPS) is 10.2. The Kier molecular flexibility index (Phi) is 4.09. The number of rotatable bonds is 3. The van der Waals surface area contributed by atoms with Gasteiger partial charge in [0.15, 0.2) is 5.43 Å². The van der Waals surface area contributed by atoms with E-state index in [-0.39, 0.29) is 16.1 Å². The summed E-state index contributed by atoms with van der Waals surface area (Å²) in [6.45, 7) is 1.71. The molecule has 4 N–H and O–H groups in total. The summed E-state index contributed by atoms with van der Waals surface area (Å²) in [5.41, 5.74) is 5.81. The Balaban J connectivity index is 2.29. The van der Waals surface area contributed by atoms with Crippen LogP contribution in [-0.4, -0.2) is 16.8 Å². The Bertz CT molecular complexity index is 783. The number of amides is 2. The highest BCUT2D eigenvalue weighted by Gasteiger charge is 2.13. The number of carbonyl (C=O) groups excluding carboxylic acids is 2. The molecule has 0 saturated carbocycles. The predicted octanol–water partition coefficient (Wildman–Crippen LogP) is 1.69. The largest absolute Gasteiger partial charge is 0.366 e. The minimum absolute atomic E-state index is 0.0313. The van der Waals surface area contributed by atoms with Crippen molar-refractivity contribution < 1.29 is 9.59 Å². The van der Waals surface area contributed by atoms with Gasteiger partial charge in [0.2, 0.25) is 5.91 Å². The molecule has 0 saturated heterocycles. The predicted molar refractivity (Wildman–Crippen MR) is 79.7 cm³/mol. The van der Waals surface area contributed by atoms with Crippen molar-refractivity contribution in [1.82, 2.24) is 4.98 Å². The number of pyridine rings is 1. The number of anilines is 1. The SMILES string of the molecule is Cc1cc(=O)c(C(=O)Nc2ccc(Cl)c(C(N)=O)c2)c[nH]1. The monoisotopic (exact) mass is 305 g/mol. The van der Waals surface area contributed by atoms with E-state index >= 15 is 0 Å². The Morgan fingerprint density at radius 1 is 1.24 bits per heavy atom. The van der Waals surface area contributed by atoms with Gasteiger partial charge in [0, 0.05) is 23.6 Å². The van der Waals surface area contributed by atoms with E-state index < -0.39 is 17.2 Å². The fourth-order valence-electron chi connectivity index (χ4n) is 1.74. The van der Waals surface area contributed by atoms with Crippen molar-refractivity contribution in [2.24, 2.45) is 5.73 Å². The highest BCUT2D eigenvalue weighted by atomic mass is 35.5. The van der Waals surface area contributed by atoms with Crippen LogP contribution < -0.4 is 16.5 Å². The maximum Gasteiger partial charge on any atom is 0.261 e. The average Bonchev–Trinajstić information content (AvgIpc) is 2.40. The van der Waals surface area contributed by atoms with Gasteiger partial charge in [-0.25, -0.2) is 0 Å². The Morgan fingerprint density at radius 3 is 2.57 bits per heavy atom. The molecule has 0 bridgehead atoms. The number of aromatic nitrogens is 1. The first-order valence-corrected chi connectivity index (χ1v) is 6.36. The van der Waals surface area contributed by atoms with E-state index in [1.54, 1.807) is 6.92 Å². The molecule has 0 unspecified atom stereocenters. The molecule has 1 aromatic heterocycles. The fourth-order valence-corrected chi connectivity index (χ4v) is 1.95. The number of aryl methyl sites for hydroxylation is 1. The van der Waals surface area contributed by atoms with E-state index in [0.29, 0.717) is 11.4 Å². The van der Waals surface area contributed by atoms with Gasteiger partial charge in [-0.3, -0.25) is 14.4 Å². The van der Waals surface area contributed by atoms with Gasteiger partial charge >= 0.3 is 0 Å². The second-order valence-corrected chi connectivity index (χ2v) is 4.81. The zero-order valence-electron chi connectivity index (χ0n) is 11.1. The molecular weight excluding hydrogens is 294 g/mol. The number of primary amides is 1. The topological polar surface area (TPSA) is 105 Å². The lowest BCUT2D eigenvalue weighted by Crippen LogP contribution is -2.22. The van der Waals surface area contributed by atoms with Gasteiger partial charge in [0.25, 0.3) is 5.91 Å². The molecule has 0 aliphatic rings. The third-order valence-corrected chi connectivity index (χ3v) is 3.12. The summed E-state index contributed by atoms with van der Waals surface area (Å²) in [6, 6.07) is 5.63. The molecule has 6 nitrogen and oxygen atoms in total. The molecule has 0 radical (unpaired) electrons. The van der Waals surface area contributed by atoms with Crippen molar-refractivity contribution in [2.75, 3.05) is 5.32 Å². The van der Waals surface area contributed by atoms with Gasteiger partial charge in [-0.15, -0.1) is 0 Å². The molecule has 1 heterocycles. The van der Waals surface area contributed by atoms with Crippen molar-refractivity contribution in [3.63, 3.8) is 0 Å². The van der Waals surface area contributed by atoms with Crippen LogP contribution in [-0.2, 0) is 0 Å². The summed E-state index contributed by atoms with van der Waals surface area (Å²) in [5, 5.41) is 2.70. The van der Waals surface area contributed by atoms with Crippen LogP contribution in [0.2, 0.25) is 5.02 Å². The van der Waals surface area contributed by atoms with Gasteiger partial charge in [0.1, 0.15) is 5.56 Å². The van der Waals surface area contributed by atoms with Crippen LogP contribution in [0.5, 0.6) is 0 Å². The van der Waals surface area contributed by atoms with Gasteiger partial charge in [0.05, 0.1) is 10.6 Å². The molecule has 0 aliphatic heterocycles. The third kappa shape index (κ3) is 3.29. The maximum atomic E-state index is 12.0. The molecule has 2 rings (SSSR count). The number of benzene rings is 1. The maximum absolute atomic E-state index is 12.0. The van der Waals surface area contributed by atoms with Crippen molar-refractivity contribution in [1.29, 1.82) is 0 Å². The van der Waals surface area contributed by atoms with E-state index in [1.165, 1.54) is 30.5 Å². The number of nitrogens with one attached hydrogen (secondary N) is 2. The molecule has 0 fully saturated rings. The first-order valence-electron chi connectivity index (χ1n) is 5.98. The quantitative estimate of drug-likeness (QED) is 0.803. The minimum Gasteiger partial charge on any atom is -0.366 e. The van der Waals surface area contributed by atoms with E-state index in [0.717, 1.165) is 0 Å². The lowest BCUT2D eigenvalue weighted by Gasteiger charge is -2.07. The molecular formula is C14H12ClN3O3. The zero-order chi connectivity index (χ0) is 15.6. The van der Waals surface area contributed by atoms with Crippen LogP contribution in [0.4, 0.5) is 5.69 Å². The summed E-state index contributed by atoms with van der Waals surface area (Å²) in [7, 11) is 0. The Hall–Kier alpha value is -2.60. The first kappa shape index (κ1) is 14.8. The number of nitrogens with two attached hydrogens (primary N) is 1. The standard InChI is InChI=1S/C14H12ClN3O3/c1-7-4-12(19)10(6-17-7)14(21)18-8-2-3-11(15)9(5-8)13(16)20/h2-6H,1H3,(H2,16,20)(H,17,19)(H,18,21). The first-order chi connectivity index (χ1) is 9.88. The summed E-state index contributed by atoms with van der Waals surface area (Å²) in [5.74, 6) is -1.29. The molecule has 7 heteroatoms. The van der Waals surface area contributed by atoms with Crippen LogP contribution in [0.3, 0.4) is 0 Å². The number of aromatic amines is 1. The second-order valence-electron chi connectivity index (χ2n) is 4.41. The summed E-state index contributed by atoms with van der Waals surface area (Å²) in [6.07, 6.45) is 1.33. The van der Waals surface area contributed by atoms with Gasteiger partial charge < -0.3 is 16.0 Å². The van der Waals surface area contributed by atoms with Crippen molar-refractivity contribution in [3.8, 4) is 0 Å². The van der Waals surface area contributed by atoms with Gasteiger partial charge in [-0.05, 0) is 25.1 Å². The molecule has 0 spiro atoms. The second kappa shape index (κ2) is 5.80. The highest BCUT2D eigenvalue weighted by molar-refractivity contribution is 6.34. The van der Waals surface area contributed by atoms with Gasteiger partial charge in [-0.2, -0.15) is 0 Å². The van der Waals surface area contributed by atoms with Crippen molar-refractivity contribution in [2.45, 2.75) is 6.92 Å². The Morgan fingerprint density at radius 2 is 1.95 bits per heavy atom. The fraction of sp³-hybridized carbons (Fsp3) is 0.0714. The number of halogens is 1. The van der Waals surface area contributed by atoms with Crippen molar-refractivity contribution in [3.05, 3.63) is 62.5 Å². The van der Waals surface area contributed by atoms with Gasteiger partial charge in [-0.1, -0.05) is 11.6 Å². The number of hydrogen-bond donors (Lipinski definition) is 3. The third-order valence-electron chi connectivity index (χ3n) is 2.79. The van der Waals surface area contributed by atoms with E-state index in [9.17, 15) is 14.4 Å². The minimum atomic E-state index is -0.704. The molecule has 1 aromatic carbocycles. The smallest absolute Gasteiger partial charge is 0.261 e. The molecule has 0 atom stereocenters. The number of H-pyrrole nitrogens is 1. The molecule has 108 valence electrons. The lowest BCUT2D eigenvalue weighted by atomic mass is 10.1.